The third-order valence-corrected chi connectivity index (χ3v) is 5.08. The van der Waals surface area contributed by atoms with Gasteiger partial charge < -0.3 is 9.47 Å². The highest BCUT2D eigenvalue weighted by atomic mass is 32.1. The summed E-state index contributed by atoms with van der Waals surface area (Å²) in [6.07, 6.45) is 9.99. The molecule has 1 aliphatic heterocycles. The Morgan fingerprint density at radius 2 is 2.07 bits per heavy atom. The summed E-state index contributed by atoms with van der Waals surface area (Å²) < 4.78 is 10.5. The van der Waals surface area contributed by atoms with Crippen LogP contribution in [0.1, 0.15) is 36.4 Å². The molecule has 1 atom stereocenters. The second-order valence-corrected chi connectivity index (χ2v) is 7.28. The van der Waals surface area contributed by atoms with E-state index in [-0.39, 0.29) is 17.1 Å². The number of benzene rings is 1. The van der Waals surface area contributed by atoms with Gasteiger partial charge in [-0.3, -0.25) is 20.5 Å². The molecule has 158 valence electrons. The van der Waals surface area contributed by atoms with Gasteiger partial charge in [0.05, 0.1) is 20.3 Å². The Morgan fingerprint density at radius 3 is 2.80 bits per heavy atom. The summed E-state index contributed by atoms with van der Waals surface area (Å²) >= 11 is 5.35. The van der Waals surface area contributed by atoms with Gasteiger partial charge in [0.2, 0.25) is 5.91 Å². The van der Waals surface area contributed by atoms with Crippen molar-refractivity contribution >= 4 is 29.3 Å². The number of hydrazine groups is 1. The van der Waals surface area contributed by atoms with E-state index in [9.17, 15) is 4.79 Å². The summed E-state index contributed by atoms with van der Waals surface area (Å²) in [6.45, 7) is 0.844. The molecule has 0 unspecified atom stereocenters. The summed E-state index contributed by atoms with van der Waals surface area (Å²) in [6, 6.07) is 9.59. The molecule has 8 heteroatoms. The number of hydrogen-bond donors (Lipinski definition) is 2. The molecule has 0 bridgehead atoms. The van der Waals surface area contributed by atoms with Gasteiger partial charge >= 0.3 is 0 Å². The lowest BCUT2D eigenvalue weighted by atomic mass is 9.98. The molecule has 3 rings (SSSR count). The molecular formula is C22H26N4O3S. The van der Waals surface area contributed by atoms with E-state index in [1.807, 2.05) is 18.3 Å². The van der Waals surface area contributed by atoms with Crippen LogP contribution in [0.4, 0.5) is 0 Å². The van der Waals surface area contributed by atoms with E-state index in [4.69, 9.17) is 21.7 Å². The van der Waals surface area contributed by atoms with Crippen molar-refractivity contribution in [2.24, 2.45) is 0 Å². The number of rotatable bonds is 6. The Bertz CT molecular complexity index is 905. The number of amides is 1. The molecule has 7 nitrogen and oxygen atoms in total. The highest BCUT2D eigenvalue weighted by Gasteiger charge is 2.24. The van der Waals surface area contributed by atoms with Gasteiger partial charge in [0, 0.05) is 25.0 Å². The number of thiocarbonyl (C=S) groups is 1. The minimum Gasteiger partial charge on any atom is -0.493 e. The highest BCUT2D eigenvalue weighted by molar-refractivity contribution is 7.80. The summed E-state index contributed by atoms with van der Waals surface area (Å²) in [5, 5.41) is 5.04. The number of piperidine rings is 1. The lowest BCUT2D eigenvalue weighted by Gasteiger charge is -2.36. The van der Waals surface area contributed by atoms with E-state index >= 15 is 0 Å². The van der Waals surface area contributed by atoms with Crippen LogP contribution < -0.4 is 20.2 Å². The Morgan fingerprint density at radius 1 is 1.23 bits per heavy atom. The monoisotopic (exact) mass is 426 g/mol. The number of nitrogens with zero attached hydrogens (tertiary/aromatic N) is 2. The molecule has 0 aliphatic carbocycles. The van der Waals surface area contributed by atoms with Crippen LogP contribution in [0.3, 0.4) is 0 Å². The van der Waals surface area contributed by atoms with E-state index < -0.39 is 0 Å². The number of ether oxygens (including phenoxy) is 2. The van der Waals surface area contributed by atoms with Crippen LogP contribution in [-0.4, -0.2) is 41.8 Å². The SMILES string of the molecule is COc1ccc(C=CC(=O)NC(=S)NN2CCCC[C@H]2c2cccnc2)cc1OC. The number of pyridine rings is 1. The molecule has 0 spiro atoms. The summed E-state index contributed by atoms with van der Waals surface area (Å²) in [7, 11) is 3.15. The molecule has 1 amide bonds. The fourth-order valence-corrected chi connectivity index (χ4v) is 3.64. The van der Waals surface area contributed by atoms with E-state index in [0.29, 0.717) is 11.5 Å². The lowest BCUT2D eigenvalue weighted by molar-refractivity contribution is -0.115. The third kappa shape index (κ3) is 5.77. The topological polar surface area (TPSA) is 75.7 Å². The normalized spacial score (nSPS) is 16.8. The third-order valence-electron chi connectivity index (χ3n) is 4.89. The van der Waals surface area contributed by atoms with Crippen LogP contribution in [0.25, 0.3) is 6.08 Å². The van der Waals surface area contributed by atoms with Crippen molar-refractivity contribution in [2.45, 2.75) is 25.3 Å². The summed E-state index contributed by atoms with van der Waals surface area (Å²) in [5.74, 6) is 0.926. The zero-order chi connectivity index (χ0) is 21.3. The van der Waals surface area contributed by atoms with Gasteiger partial charge in [0.15, 0.2) is 16.6 Å². The Labute approximate surface area is 182 Å². The molecule has 1 fully saturated rings. The first kappa shape index (κ1) is 21.7. The molecule has 1 aromatic carbocycles. The molecule has 2 aromatic rings. The second kappa shape index (κ2) is 10.7. The van der Waals surface area contributed by atoms with Crippen molar-refractivity contribution in [2.75, 3.05) is 20.8 Å². The van der Waals surface area contributed by atoms with Crippen LogP contribution in [0.5, 0.6) is 11.5 Å². The summed E-state index contributed by atoms with van der Waals surface area (Å²) in [4.78, 5) is 16.5. The maximum Gasteiger partial charge on any atom is 0.250 e. The predicted octanol–water partition coefficient (Wildman–Crippen LogP) is 3.24. The smallest absolute Gasteiger partial charge is 0.250 e. The van der Waals surface area contributed by atoms with Gasteiger partial charge in [-0.1, -0.05) is 18.6 Å². The first-order chi connectivity index (χ1) is 14.6. The van der Waals surface area contributed by atoms with Gasteiger partial charge in [0.1, 0.15) is 0 Å². The number of carbonyl (C=O) groups excluding carboxylic acids is 1. The molecule has 2 N–H and O–H groups in total. The molecule has 1 saturated heterocycles. The van der Waals surface area contributed by atoms with E-state index in [1.54, 1.807) is 38.6 Å². The molecule has 0 saturated carbocycles. The minimum atomic E-state index is -0.308. The van der Waals surface area contributed by atoms with Crippen molar-refractivity contribution in [3.63, 3.8) is 0 Å². The van der Waals surface area contributed by atoms with Crippen molar-refractivity contribution in [1.29, 1.82) is 0 Å². The average molecular weight is 427 g/mol. The Hall–Kier alpha value is -2.97. The van der Waals surface area contributed by atoms with E-state index in [0.717, 1.165) is 36.9 Å². The molecule has 30 heavy (non-hydrogen) atoms. The van der Waals surface area contributed by atoms with Crippen LogP contribution in [0.15, 0.2) is 48.8 Å². The number of nitrogens with one attached hydrogen (secondary N) is 2. The van der Waals surface area contributed by atoms with Crippen molar-refractivity contribution in [3.05, 3.63) is 59.9 Å². The van der Waals surface area contributed by atoms with Crippen molar-refractivity contribution < 1.29 is 14.3 Å². The van der Waals surface area contributed by atoms with Gasteiger partial charge in [-0.05, 0) is 60.5 Å². The largest absolute Gasteiger partial charge is 0.493 e. The molecule has 0 radical (unpaired) electrons. The zero-order valence-corrected chi connectivity index (χ0v) is 17.9. The van der Waals surface area contributed by atoms with Crippen LogP contribution in [-0.2, 0) is 4.79 Å². The van der Waals surface area contributed by atoms with Crippen LogP contribution in [0.2, 0.25) is 0 Å². The van der Waals surface area contributed by atoms with Crippen molar-refractivity contribution in [1.82, 2.24) is 20.7 Å². The van der Waals surface area contributed by atoms with E-state index in [2.05, 4.69) is 26.8 Å². The highest BCUT2D eigenvalue weighted by Crippen LogP contribution is 2.29. The summed E-state index contributed by atoms with van der Waals surface area (Å²) in [5.41, 5.74) is 5.11. The maximum atomic E-state index is 12.3. The first-order valence-electron chi connectivity index (χ1n) is 9.79. The standard InChI is InChI=1S/C22H26N4O3S/c1-28-19-10-8-16(14-20(19)29-2)9-11-21(27)24-22(30)25-26-13-4-3-7-18(26)17-6-5-12-23-15-17/h5-6,8-12,14-15,18H,3-4,7,13H2,1-2H3,(H2,24,25,27,30)/t18-/m0/s1. The molecular weight excluding hydrogens is 400 g/mol. The van der Waals surface area contributed by atoms with Gasteiger partial charge in [-0.25, -0.2) is 5.01 Å². The molecule has 1 aromatic heterocycles. The fourth-order valence-electron chi connectivity index (χ4n) is 3.43. The number of aromatic nitrogens is 1. The maximum absolute atomic E-state index is 12.3. The lowest BCUT2D eigenvalue weighted by Crippen LogP contribution is -2.51. The quantitative estimate of drug-likeness (QED) is 0.542. The van der Waals surface area contributed by atoms with Gasteiger partial charge in [-0.15, -0.1) is 0 Å². The Kier molecular flexibility index (Phi) is 7.75. The minimum absolute atomic E-state index is 0.171. The fraction of sp³-hybridized carbons (Fsp3) is 0.318. The average Bonchev–Trinajstić information content (AvgIpc) is 2.78. The zero-order valence-electron chi connectivity index (χ0n) is 17.1. The van der Waals surface area contributed by atoms with Crippen LogP contribution >= 0.6 is 12.2 Å². The van der Waals surface area contributed by atoms with E-state index in [1.165, 1.54) is 6.08 Å². The van der Waals surface area contributed by atoms with Gasteiger partial charge in [0.25, 0.3) is 0 Å². The molecule has 2 heterocycles. The molecule has 1 aliphatic rings. The number of carbonyl (C=O) groups is 1. The van der Waals surface area contributed by atoms with Crippen molar-refractivity contribution in [3.8, 4) is 11.5 Å². The predicted molar refractivity (Wildman–Crippen MR) is 120 cm³/mol. The van der Waals surface area contributed by atoms with Gasteiger partial charge in [-0.2, -0.15) is 0 Å². The number of methoxy groups -OCH3 is 2. The number of hydrogen-bond acceptors (Lipinski definition) is 6. The second-order valence-electron chi connectivity index (χ2n) is 6.87. The Balaban J connectivity index is 1.57. The van der Waals surface area contributed by atoms with Crippen LogP contribution in [0, 0.1) is 0 Å². The first-order valence-corrected chi connectivity index (χ1v) is 10.2.